The lowest BCUT2D eigenvalue weighted by molar-refractivity contribution is -0.140. The zero-order valence-corrected chi connectivity index (χ0v) is 20.5. The molecule has 0 aromatic heterocycles. The minimum absolute atomic E-state index is 0.0666. The Morgan fingerprint density at radius 3 is 1.09 bits per heavy atom. The first-order valence-corrected chi connectivity index (χ1v) is 12.1. The van der Waals surface area contributed by atoms with Crippen LogP contribution in [-0.2, 0) is 34.6 Å². The normalized spacial score (nSPS) is 10.1. The number of hydrogen-bond donors (Lipinski definition) is 2. The van der Waals surface area contributed by atoms with Crippen molar-refractivity contribution in [3.63, 3.8) is 0 Å². The average Bonchev–Trinajstić information content (AvgIpc) is 2.61. The molecule has 0 aliphatic heterocycles. The maximum Gasteiger partial charge on any atom is 0.302 e. The highest BCUT2D eigenvalue weighted by atomic mass is 32.2. The zero-order chi connectivity index (χ0) is 25.5. The largest absolute Gasteiger partial charge is 0.466 e. The van der Waals surface area contributed by atoms with Crippen molar-refractivity contribution in [1.82, 2.24) is 0 Å². The zero-order valence-electron chi connectivity index (χ0n) is 18.9. The Labute approximate surface area is 189 Å². The third kappa shape index (κ3) is 18.2. The quantitative estimate of drug-likeness (QED) is 0.485. The molecule has 2 aromatic rings. The molecule has 2 N–H and O–H groups in total. The van der Waals surface area contributed by atoms with Gasteiger partial charge in [0.25, 0.3) is 20.2 Å². The van der Waals surface area contributed by atoms with Gasteiger partial charge in [0.05, 0.1) is 16.4 Å². The lowest BCUT2D eigenvalue weighted by Gasteiger charge is -1.95. The summed E-state index contributed by atoms with van der Waals surface area (Å²) in [6, 6.07) is 12.0. The van der Waals surface area contributed by atoms with Crippen molar-refractivity contribution in [3.05, 3.63) is 59.7 Å². The number of aryl methyl sites for hydroxylation is 2. The second-order valence-corrected chi connectivity index (χ2v) is 9.25. The summed E-state index contributed by atoms with van der Waals surface area (Å²) < 4.78 is 63.5. The van der Waals surface area contributed by atoms with Crippen molar-refractivity contribution in [2.45, 2.75) is 51.3 Å². The summed E-state index contributed by atoms with van der Waals surface area (Å²) in [5.74, 6) is -0.0440. The van der Waals surface area contributed by atoms with Crippen molar-refractivity contribution in [3.8, 4) is 0 Å². The van der Waals surface area contributed by atoms with E-state index in [1.807, 2.05) is 13.8 Å². The Hall–Kier alpha value is -2.60. The summed E-state index contributed by atoms with van der Waals surface area (Å²) in [6.07, 6.45) is 0. The first-order valence-electron chi connectivity index (χ1n) is 9.19. The second kappa shape index (κ2) is 15.2. The summed E-state index contributed by atoms with van der Waals surface area (Å²) >= 11 is 0. The van der Waals surface area contributed by atoms with Crippen LogP contribution in [0.2, 0.25) is 0 Å². The van der Waals surface area contributed by atoms with E-state index in [0.29, 0.717) is 6.61 Å². The molecular formula is C21H30O9S2. The first kappa shape index (κ1) is 31.6. The van der Waals surface area contributed by atoms with Gasteiger partial charge in [0, 0.05) is 6.92 Å². The molecule has 0 unspecified atom stereocenters. The lowest BCUT2D eigenvalue weighted by Crippen LogP contribution is -1.96. The van der Waals surface area contributed by atoms with Gasteiger partial charge in [-0.3, -0.25) is 13.9 Å². The van der Waals surface area contributed by atoms with Crippen molar-refractivity contribution in [1.29, 1.82) is 0 Å². The number of benzene rings is 2. The van der Waals surface area contributed by atoms with E-state index in [2.05, 4.69) is 4.74 Å². The molecule has 0 aliphatic carbocycles. The highest BCUT2D eigenvalue weighted by Gasteiger charge is 2.07. The molecule has 0 radical (unpaired) electrons. The summed E-state index contributed by atoms with van der Waals surface area (Å²) in [4.78, 5) is 19.1. The molecule has 9 nitrogen and oxygen atoms in total. The first-order chi connectivity index (χ1) is 14.5. The summed E-state index contributed by atoms with van der Waals surface area (Å²) in [6.45, 7) is 10.4. The molecule has 0 aliphatic rings. The number of esters is 1. The predicted molar refractivity (Wildman–Crippen MR) is 121 cm³/mol. The summed E-state index contributed by atoms with van der Waals surface area (Å²) in [5.41, 5.74) is 1.91. The molecule has 0 spiro atoms. The van der Waals surface area contributed by atoms with Gasteiger partial charge in [-0.15, -0.1) is 0 Å². The van der Waals surface area contributed by atoms with E-state index in [0.717, 1.165) is 11.1 Å². The van der Waals surface area contributed by atoms with Gasteiger partial charge in [-0.2, -0.15) is 16.8 Å². The number of ether oxygens (including phenoxy) is 1. The number of carbonyl (C=O) groups excluding carboxylic acids is 2. The van der Waals surface area contributed by atoms with Crippen LogP contribution in [0.3, 0.4) is 0 Å². The fourth-order valence-electron chi connectivity index (χ4n) is 1.62. The monoisotopic (exact) mass is 490 g/mol. The number of carbonyl (C=O) groups is 2. The van der Waals surface area contributed by atoms with Gasteiger partial charge in [-0.05, 0) is 58.9 Å². The third-order valence-corrected chi connectivity index (χ3v) is 4.72. The van der Waals surface area contributed by atoms with E-state index in [-0.39, 0.29) is 21.5 Å². The molecule has 180 valence electrons. The minimum Gasteiger partial charge on any atom is -0.466 e. The Morgan fingerprint density at radius 1 is 0.719 bits per heavy atom. The molecular weight excluding hydrogens is 460 g/mol. The van der Waals surface area contributed by atoms with Gasteiger partial charge >= 0.3 is 5.97 Å². The molecule has 2 aromatic carbocycles. The molecule has 0 fully saturated rings. The third-order valence-electron chi connectivity index (χ3n) is 2.99. The van der Waals surface area contributed by atoms with Gasteiger partial charge in [0.1, 0.15) is 5.78 Å². The van der Waals surface area contributed by atoms with Crippen molar-refractivity contribution in [2.24, 2.45) is 0 Å². The van der Waals surface area contributed by atoms with Crippen LogP contribution in [0.1, 0.15) is 38.8 Å². The second-order valence-electron chi connectivity index (χ2n) is 6.41. The van der Waals surface area contributed by atoms with Crippen LogP contribution in [-0.4, -0.2) is 44.3 Å². The van der Waals surface area contributed by atoms with E-state index < -0.39 is 20.2 Å². The SMILES string of the molecule is CC(C)=O.CCOC(C)=O.Cc1ccc(S(=O)(=O)O)cc1.Cc1ccc(S(=O)(=O)O)cc1. The Bertz CT molecular complexity index is 962. The molecule has 0 saturated carbocycles. The fourth-order valence-corrected chi connectivity index (χ4v) is 2.58. The summed E-state index contributed by atoms with van der Waals surface area (Å²) in [7, 11) is -8.04. The molecule has 32 heavy (non-hydrogen) atoms. The molecule has 0 bridgehead atoms. The van der Waals surface area contributed by atoms with Crippen LogP contribution in [0.25, 0.3) is 0 Å². The van der Waals surface area contributed by atoms with Gasteiger partial charge in [-0.1, -0.05) is 35.4 Å². The van der Waals surface area contributed by atoms with E-state index in [4.69, 9.17) is 9.11 Å². The van der Waals surface area contributed by atoms with Crippen LogP contribution in [0.15, 0.2) is 58.3 Å². The fraction of sp³-hybridized carbons (Fsp3) is 0.333. The molecule has 0 atom stereocenters. The van der Waals surface area contributed by atoms with Gasteiger partial charge in [-0.25, -0.2) is 0 Å². The summed E-state index contributed by atoms with van der Waals surface area (Å²) in [5, 5.41) is 0. The Balaban J connectivity index is 0. The van der Waals surface area contributed by atoms with Crippen molar-refractivity contribution < 1.29 is 40.3 Å². The van der Waals surface area contributed by atoms with Crippen LogP contribution >= 0.6 is 0 Å². The van der Waals surface area contributed by atoms with Gasteiger partial charge in [0.2, 0.25) is 0 Å². The smallest absolute Gasteiger partial charge is 0.302 e. The van der Waals surface area contributed by atoms with Gasteiger partial charge < -0.3 is 9.53 Å². The predicted octanol–water partition coefficient (Wildman–Crippen LogP) is 3.65. The maximum absolute atomic E-state index is 10.5. The topological polar surface area (TPSA) is 152 Å². The highest BCUT2D eigenvalue weighted by molar-refractivity contribution is 7.86. The highest BCUT2D eigenvalue weighted by Crippen LogP contribution is 2.09. The number of rotatable bonds is 3. The van der Waals surface area contributed by atoms with Crippen LogP contribution in [0.5, 0.6) is 0 Å². The van der Waals surface area contributed by atoms with Crippen LogP contribution in [0.4, 0.5) is 0 Å². The average molecular weight is 491 g/mol. The van der Waals surface area contributed by atoms with Crippen LogP contribution < -0.4 is 0 Å². The molecule has 0 saturated heterocycles. The van der Waals surface area contributed by atoms with E-state index in [1.54, 1.807) is 31.2 Å². The van der Waals surface area contributed by atoms with Gasteiger partial charge in [0.15, 0.2) is 0 Å². The Kier molecular flexibility index (Phi) is 15.0. The molecule has 0 amide bonds. The molecule has 11 heteroatoms. The van der Waals surface area contributed by atoms with E-state index in [1.165, 1.54) is 45.0 Å². The van der Waals surface area contributed by atoms with Crippen LogP contribution in [0, 0.1) is 13.8 Å². The standard InChI is InChI=1S/2C7H8O3S.C4H8O2.C3H6O/c2*1-6-2-4-7(5-3-6)11(8,9)10;1-3-6-4(2)5;1-3(2)4/h2*2-5H,1H3,(H,8,9,10);3H2,1-2H3;1-2H3. The maximum atomic E-state index is 10.5. The number of ketones is 1. The molecule has 0 heterocycles. The number of hydrogen-bond acceptors (Lipinski definition) is 7. The number of Topliss-reactive ketones (excluding diaryl/α,β-unsaturated/α-hetero) is 1. The molecule has 2 rings (SSSR count). The minimum atomic E-state index is -4.02. The van der Waals surface area contributed by atoms with Crippen molar-refractivity contribution in [2.75, 3.05) is 6.61 Å². The van der Waals surface area contributed by atoms with Crippen molar-refractivity contribution >= 4 is 32.0 Å². The van der Waals surface area contributed by atoms with E-state index in [9.17, 15) is 26.4 Å². The Morgan fingerprint density at radius 2 is 0.969 bits per heavy atom. The lowest BCUT2D eigenvalue weighted by atomic mass is 10.2. The van der Waals surface area contributed by atoms with E-state index >= 15 is 0 Å².